The minimum atomic E-state index is -4.36. The molecule has 0 saturated carbocycles. The number of piperazine rings is 1. The van der Waals surface area contributed by atoms with Crippen LogP contribution in [-0.2, 0) is 16.0 Å². The second-order valence-corrected chi connectivity index (χ2v) is 9.09. The van der Waals surface area contributed by atoms with E-state index in [2.05, 4.69) is 9.88 Å². The maximum absolute atomic E-state index is 12.6. The van der Waals surface area contributed by atoms with Gasteiger partial charge in [0.05, 0.1) is 17.1 Å². The Bertz CT molecular complexity index is 670. The van der Waals surface area contributed by atoms with Gasteiger partial charge in [-0.2, -0.15) is 13.2 Å². The first-order valence-corrected chi connectivity index (χ1v) is 10.3. The van der Waals surface area contributed by atoms with Crippen LogP contribution in [0.5, 0.6) is 0 Å². The normalized spacial score (nSPS) is 22.9. The number of alkyl halides is 3. The molecule has 5 nitrogen and oxygen atoms in total. The predicted octanol–water partition coefficient (Wildman–Crippen LogP) is 2.05. The summed E-state index contributed by atoms with van der Waals surface area (Å²) in [5.41, 5.74) is -0.734. The maximum Gasteiger partial charge on any atom is 0.417 e. The van der Waals surface area contributed by atoms with E-state index < -0.39 is 21.6 Å². The topological polar surface area (TPSA) is 53.5 Å². The Morgan fingerprint density at radius 2 is 1.72 bits per heavy atom. The molecule has 0 radical (unpaired) electrons. The van der Waals surface area contributed by atoms with E-state index >= 15 is 0 Å². The molecular weight excluding hydrogens is 355 g/mol. The molecule has 140 valence electrons. The molecule has 0 N–H and O–H groups in total. The smallest absolute Gasteiger partial charge is 0.354 e. The van der Waals surface area contributed by atoms with Crippen molar-refractivity contribution in [1.29, 1.82) is 0 Å². The molecule has 0 aromatic carbocycles. The first-order chi connectivity index (χ1) is 11.7. The third-order valence-corrected chi connectivity index (χ3v) is 6.68. The number of halogens is 3. The highest BCUT2D eigenvalue weighted by Gasteiger charge is 2.31. The Morgan fingerprint density at radius 1 is 1.08 bits per heavy atom. The van der Waals surface area contributed by atoms with Gasteiger partial charge in [-0.15, -0.1) is 0 Å². The molecule has 2 fully saturated rings. The summed E-state index contributed by atoms with van der Waals surface area (Å²) >= 11 is 0. The molecule has 1 aromatic heterocycles. The number of nitrogens with zero attached hydrogens (tertiary/aromatic N) is 3. The zero-order chi connectivity index (χ0) is 18.1. The van der Waals surface area contributed by atoms with Gasteiger partial charge in [-0.25, -0.2) is 13.4 Å². The van der Waals surface area contributed by atoms with Crippen LogP contribution in [0.1, 0.15) is 18.4 Å². The predicted molar refractivity (Wildman–Crippen MR) is 89.3 cm³/mol. The third-order valence-electron chi connectivity index (χ3n) is 4.96. The summed E-state index contributed by atoms with van der Waals surface area (Å²) in [7, 11) is -2.83. The van der Waals surface area contributed by atoms with Crippen LogP contribution in [-0.4, -0.2) is 62.5 Å². The van der Waals surface area contributed by atoms with Crippen molar-refractivity contribution in [3.8, 4) is 0 Å². The number of rotatable bonds is 3. The Kier molecular flexibility index (Phi) is 5.24. The summed E-state index contributed by atoms with van der Waals surface area (Å²) in [5, 5.41) is 0. The highest BCUT2D eigenvalue weighted by Crippen LogP contribution is 2.29. The lowest BCUT2D eigenvalue weighted by atomic mass is 10.0. The molecule has 3 rings (SSSR count). The average Bonchev–Trinajstić information content (AvgIpc) is 2.57. The second-order valence-electron chi connectivity index (χ2n) is 6.79. The number of sulfone groups is 1. The zero-order valence-corrected chi connectivity index (χ0v) is 14.7. The molecule has 0 amide bonds. The number of pyridine rings is 1. The van der Waals surface area contributed by atoms with Gasteiger partial charge in [0, 0.05) is 38.9 Å². The molecule has 0 unspecified atom stereocenters. The number of anilines is 1. The van der Waals surface area contributed by atoms with Gasteiger partial charge in [-0.3, -0.25) is 4.90 Å². The molecule has 25 heavy (non-hydrogen) atoms. The molecule has 2 aliphatic heterocycles. The summed E-state index contributed by atoms with van der Waals surface area (Å²) in [4.78, 5) is 8.24. The Labute approximate surface area is 145 Å². The Hall–Kier alpha value is -1.35. The first-order valence-electron chi connectivity index (χ1n) is 8.44. The van der Waals surface area contributed by atoms with Crippen molar-refractivity contribution < 1.29 is 21.6 Å². The van der Waals surface area contributed by atoms with Crippen molar-refractivity contribution in [3.63, 3.8) is 0 Å². The lowest BCUT2D eigenvalue weighted by Gasteiger charge is -2.37. The fourth-order valence-corrected chi connectivity index (χ4v) is 4.98. The standard InChI is InChI=1S/C16H22F3N3O2S/c17-16(18,19)14-1-2-15(20-11-14)22-7-5-21(6-8-22)12-13-3-9-25(23,24)10-4-13/h1-2,11,13H,3-10,12H2. The monoisotopic (exact) mass is 377 g/mol. The SMILES string of the molecule is O=S1(=O)CCC(CN2CCN(c3ccc(C(F)(F)F)cn3)CC2)CC1. The zero-order valence-electron chi connectivity index (χ0n) is 13.9. The van der Waals surface area contributed by atoms with Crippen LogP contribution >= 0.6 is 0 Å². The van der Waals surface area contributed by atoms with Crippen LogP contribution in [0.4, 0.5) is 19.0 Å². The van der Waals surface area contributed by atoms with Crippen molar-refractivity contribution in [3.05, 3.63) is 23.9 Å². The van der Waals surface area contributed by atoms with E-state index in [0.29, 0.717) is 24.8 Å². The van der Waals surface area contributed by atoms with E-state index in [-0.39, 0.29) is 11.5 Å². The van der Waals surface area contributed by atoms with Crippen LogP contribution in [0.15, 0.2) is 18.3 Å². The van der Waals surface area contributed by atoms with Crippen LogP contribution < -0.4 is 4.90 Å². The van der Waals surface area contributed by atoms with Crippen molar-refractivity contribution in [2.75, 3.05) is 49.1 Å². The van der Waals surface area contributed by atoms with E-state index in [1.165, 1.54) is 6.07 Å². The first kappa shape index (κ1) is 18.4. The van der Waals surface area contributed by atoms with Gasteiger partial charge in [0.1, 0.15) is 15.7 Å². The van der Waals surface area contributed by atoms with Crippen LogP contribution in [0.2, 0.25) is 0 Å². The van der Waals surface area contributed by atoms with Gasteiger partial charge >= 0.3 is 6.18 Å². The molecular formula is C16H22F3N3O2S. The van der Waals surface area contributed by atoms with E-state index in [4.69, 9.17) is 0 Å². The fourth-order valence-electron chi connectivity index (χ4n) is 3.39. The average molecular weight is 377 g/mol. The third kappa shape index (κ3) is 4.84. The minimum Gasteiger partial charge on any atom is -0.354 e. The van der Waals surface area contributed by atoms with E-state index in [0.717, 1.165) is 44.7 Å². The van der Waals surface area contributed by atoms with E-state index in [1.807, 2.05) is 4.90 Å². The molecule has 3 heterocycles. The van der Waals surface area contributed by atoms with Gasteiger partial charge in [-0.1, -0.05) is 0 Å². The molecule has 0 bridgehead atoms. The Balaban J connectivity index is 1.49. The highest BCUT2D eigenvalue weighted by molar-refractivity contribution is 7.91. The summed E-state index contributed by atoms with van der Waals surface area (Å²) < 4.78 is 60.7. The minimum absolute atomic E-state index is 0.285. The molecule has 1 aromatic rings. The Morgan fingerprint density at radius 3 is 2.24 bits per heavy atom. The molecule has 2 saturated heterocycles. The van der Waals surface area contributed by atoms with Gasteiger partial charge in [0.2, 0.25) is 0 Å². The quantitative estimate of drug-likeness (QED) is 0.807. The van der Waals surface area contributed by atoms with Gasteiger partial charge in [0.25, 0.3) is 0 Å². The molecule has 9 heteroatoms. The summed E-state index contributed by atoms with van der Waals surface area (Å²) in [6.45, 7) is 3.94. The number of aromatic nitrogens is 1. The van der Waals surface area contributed by atoms with Crippen molar-refractivity contribution in [2.24, 2.45) is 5.92 Å². The lowest BCUT2D eigenvalue weighted by molar-refractivity contribution is -0.137. The van der Waals surface area contributed by atoms with Crippen molar-refractivity contribution in [1.82, 2.24) is 9.88 Å². The van der Waals surface area contributed by atoms with E-state index in [1.54, 1.807) is 0 Å². The number of hydrogen-bond acceptors (Lipinski definition) is 5. The fraction of sp³-hybridized carbons (Fsp3) is 0.688. The summed E-state index contributed by atoms with van der Waals surface area (Å²) in [6, 6.07) is 2.49. The van der Waals surface area contributed by atoms with Crippen molar-refractivity contribution in [2.45, 2.75) is 19.0 Å². The largest absolute Gasteiger partial charge is 0.417 e. The van der Waals surface area contributed by atoms with Crippen molar-refractivity contribution >= 4 is 15.7 Å². The molecule has 0 atom stereocenters. The molecule has 0 spiro atoms. The van der Waals surface area contributed by atoms with Crippen LogP contribution in [0.3, 0.4) is 0 Å². The van der Waals surface area contributed by atoms with Gasteiger partial charge in [0.15, 0.2) is 0 Å². The van der Waals surface area contributed by atoms with Gasteiger partial charge in [-0.05, 0) is 30.9 Å². The van der Waals surface area contributed by atoms with E-state index in [9.17, 15) is 21.6 Å². The maximum atomic E-state index is 12.6. The second kappa shape index (κ2) is 7.11. The van der Waals surface area contributed by atoms with Crippen LogP contribution in [0.25, 0.3) is 0 Å². The number of hydrogen-bond donors (Lipinski definition) is 0. The molecule has 2 aliphatic rings. The van der Waals surface area contributed by atoms with Gasteiger partial charge < -0.3 is 4.90 Å². The van der Waals surface area contributed by atoms with Crippen LogP contribution in [0, 0.1) is 5.92 Å². The lowest BCUT2D eigenvalue weighted by Crippen LogP contribution is -2.48. The summed E-state index contributed by atoms with van der Waals surface area (Å²) in [6.07, 6.45) is -2.03. The summed E-state index contributed by atoms with van der Waals surface area (Å²) in [5.74, 6) is 1.55. The highest BCUT2D eigenvalue weighted by atomic mass is 32.2. The molecule has 0 aliphatic carbocycles.